The maximum Gasteiger partial charge on any atom is 0.260 e. The molecule has 0 amide bonds. The summed E-state index contributed by atoms with van der Waals surface area (Å²) in [7, 11) is -3.73. The Morgan fingerprint density at radius 3 is 2.74 bits per heavy atom. The fourth-order valence-electron chi connectivity index (χ4n) is 1.56. The van der Waals surface area contributed by atoms with Crippen LogP contribution in [0.1, 0.15) is 11.4 Å². The van der Waals surface area contributed by atoms with E-state index < -0.39 is 10.0 Å². The molecule has 0 unspecified atom stereocenters. The Morgan fingerprint density at radius 2 is 2.05 bits per heavy atom. The maximum absolute atomic E-state index is 12.0. The molecule has 2 aromatic rings. The highest BCUT2D eigenvalue weighted by Crippen LogP contribution is 2.13. The van der Waals surface area contributed by atoms with Gasteiger partial charge in [0.2, 0.25) is 0 Å². The summed E-state index contributed by atoms with van der Waals surface area (Å²) >= 11 is 0. The predicted molar refractivity (Wildman–Crippen MR) is 71.6 cm³/mol. The second-order valence-corrected chi connectivity index (χ2v) is 5.67. The van der Waals surface area contributed by atoms with Crippen LogP contribution < -0.4 is 10.5 Å². The number of nitrogens with zero attached hydrogens (tertiary/aromatic N) is 2. The van der Waals surface area contributed by atoms with Crippen molar-refractivity contribution in [3.63, 3.8) is 0 Å². The van der Waals surface area contributed by atoms with E-state index in [1.165, 1.54) is 12.3 Å². The van der Waals surface area contributed by atoms with Gasteiger partial charge in [0.25, 0.3) is 10.0 Å². The SMILES string of the molecule is Cc1cccc(CNS(=O)(=O)c2ncccc2N)n1. The summed E-state index contributed by atoms with van der Waals surface area (Å²) in [5, 5.41) is -0.164. The van der Waals surface area contributed by atoms with Gasteiger partial charge in [0.05, 0.1) is 17.9 Å². The lowest BCUT2D eigenvalue weighted by molar-refractivity contribution is 0.577. The van der Waals surface area contributed by atoms with Crippen LogP contribution in [0.3, 0.4) is 0 Å². The van der Waals surface area contributed by atoms with Crippen LogP contribution in [0.15, 0.2) is 41.6 Å². The van der Waals surface area contributed by atoms with Crippen LogP contribution in [-0.4, -0.2) is 18.4 Å². The summed E-state index contributed by atoms with van der Waals surface area (Å²) in [6, 6.07) is 8.48. The van der Waals surface area contributed by atoms with Crippen LogP contribution in [-0.2, 0) is 16.6 Å². The predicted octanol–water partition coefficient (Wildman–Crippen LogP) is 0.846. The van der Waals surface area contributed by atoms with Crippen molar-refractivity contribution in [3.8, 4) is 0 Å². The zero-order valence-electron chi connectivity index (χ0n) is 10.4. The van der Waals surface area contributed by atoms with Crippen molar-refractivity contribution in [2.45, 2.75) is 18.5 Å². The fourth-order valence-corrected chi connectivity index (χ4v) is 2.62. The molecular weight excluding hydrogens is 264 g/mol. The van der Waals surface area contributed by atoms with Crippen molar-refractivity contribution in [1.82, 2.24) is 14.7 Å². The van der Waals surface area contributed by atoms with Crippen molar-refractivity contribution in [1.29, 1.82) is 0 Å². The molecule has 2 heterocycles. The average molecular weight is 278 g/mol. The summed E-state index contributed by atoms with van der Waals surface area (Å²) < 4.78 is 26.5. The van der Waals surface area contributed by atoms with E-state index >= 15 is 0 Å². The van der Waals surface area contributed by atoms with E-state index in [4.69, 9.17) is 5.73 Å². The third-order valence-corrected chi connectivity index (χ3v) is 3.82. The highest BCUT2D eigenvalue weighted by Gasteiger charge is 2.18. The Hall–Kier alpha value is -1.99. The molecule has 6 nitrogen and oxygen atoms in total. The normalized spacial score (nSPS) is 11.4. The zero-order chi connectivity index (χ0) is 13.9. The third-order valence-electron chi connectivity index (χ3n) is 2.44. The molecule has 0 aromatic carbocycles. The van der Waals surface area contributed by atoms with E-state index in [1.807, 2.05) is 19.1 Å². The Balaban J connectivity index is 2.17. The first kappa shape index (κ1) is 13.4. The molecule has 19 heavy (non-hydrogen) atoms. The summed E-state index contributed by atoms with van der Waals surface area (Å²) in [5.74, 6) is 0. The molecule has 2 aromatic heterocycles. The van der Waals surface area contributed by atoms with Gasteiger partial charge in [0, 0.05) is 11.9 Å². The fraction of sp³-hybridized carbons (Fsp3) is 0.167. The number of hydrogen-bond acceptors (Lipinski definition) is 5. The van der Waals surface area contributed by atoms with Crippen molar-refractivity contribution in [3.05, 3.63) is 47.9 Å². The van der Waals surface area contributed by atoms with Crippen LogP contribution in [0.25, 0.3) is 0 Å². The lowest BCUT2D eigenvalue weighted by Gasteiger charge is -2.07. The van der Waals surface area contributed by atoms with Gasteiger partial charge >= 0.3 is 0 Å². The lowest BCUT2D eigenvalue weighted by Crippen LogP contribution is -2.25. The van der Waals surface area contributed by atoms with Gasteiger partial charge in [-0.2, -0.15) is 0 Å². The number of nitrogens with one attached hydrogen (secondary N) is 1. The number of anilines is 1. The molecule has 0 saturated carbocycles. The van der Waals surface area contributed by atoms with Crippen molar-refractivity contribution in [2.24, 2.45) is 0 Å². The number of nitrogens with two attached hydrogens (primary N) is 1. The second kappa shape index (κ2) is 5.33. The van der Waals surface area contributed by atoms with E-state index in [-0.39, 0.29) is 17.3 Å². The first-order valence-corrected chi connectivity index (χ1v) is 7.10. The van der Waals surface area contributed by atoms with Gasteiger partial charge in [0.15, 0.2) is 5.03 Å². The molecule has 0 aliphatic heterocycles. The number of aromatic nitrogens is 2. The van der Waals surface area contributed by atoms with Crippen molar-refractivity contribution in [2.75, 3.05) is 5.73 Å². The Labute approximate surface area is 111 Å². The Kier molecular flexibility index (Phi) is 3.77. The highest BCUT2D eigenvalue weighted by atomic mass is 32.2. The van der Waals surface area contributed by atoms with E-state index in [1.54, 1.807) is 12.1 Å². The zero-order valence-corrected chi connectivity index (χ0v) is 11.2. The van der Waals surface area contributed by atoms with Crippen LogP contribution in [0.4, 0.5) is 5.69 Å². The largest absolute Gasteiger partial charge is 0.396 e. The van der Waals surface area contributed by atoms with E-state index in [0.29, 0.717) is 5.69 Å². The summed E-state index contributed by atoms with van der Waals surface area (Å²) in [6.07, 6.45) is 1.38. The maximum atomic E-state index is 12.0. The van der Waals surface area contributed by atoms with Crippen LogP contribution in [0, 0.1) is 6.92 Å². The third kappa shape index (κ3) is 3.27. The van der Waals surface area contributed by atoms with E-state index in [0.717, 1.165) is 5.69 Å². The quantitative estimate of drug-likeness (QED) is 0.863. The summed E-state index contributed by atoms with van der Waals surface area (Å²) in [5.41, 5.74) is 7.19. The minimum absolute atomic E-state index is 0.0972. The smallest absolute Gasteiger partial charge is 0.260 e. The molecule has 0 aliphatic rings. The number of aryl methyl sites for hydroxylation is 1. The number of pyridine rings is 2. The Bertz CT molecular complexity index is 686. The first-order valence-electron chi connectivity index (χ1n) is 5.62. The molecule has 0 radical (unpaired) electrons. The van der Waals surface area contributed by atoms with Gasteiger partial charge in [-0.15, -0.1) is 0 Å². The summed E-state index contributed by atoms with van der Waals surface area (Å²) in [6.45, 7) is 1.94. The summed E-state index contributed by atoms with van der Waals surface area (Å²) in [4.78, 5) is 8.00. The molecule has 0 aliphatic carbocycles. The second-order valence-electron chi connectivity index (χ2n) is 3.99. The molecule has 0 bridgehead atoms. The molecule has 0 saturated heterocycles. The number of sulfonamides is 1. The monoisotopic (exact) mass is 278 g/mol. The number of nitrogen functional groups attached to an aromatic ring is 1. The molecule has 7 heteroatoms. The molecular formula is C12H14N4O2S. The van der Waals surface area contributed by atoms with Gasteiger partial charge < -0.3 is 5.73 Å². The Morgan fingerprint density at radius 1 is 1.26 bits per heavy atom. The van der Waals surface area contributed by atoms with Crippen LogP contribution in [0.5, 0.6) is 0 Å². The molecule has 3 N–H and O–H groups in total. The first-order chi connectivity index (χ1) is 8.99. The van der Waals surface area contributed by atoms with Crippen LogP contribution >= 0.6 is 0 Å². The number of rotatable bonds is 4. The van der Waals surface area contributed by atoms with E-state index in [2.05, 4.69) is 14.7 Å². The topological polar surface area (TPSA) is 98.0 Å². The standard InChI is InChI=1S/C12H14N4O2S/c1-9-4-2-5-10(16-9)8-15-19(17,18)12-11(13)6-3-7-14-12/h2-7,15H,8,13H2,1H3. The molecule has 0 fully saturated rings. The minimum atomic E-state index is -3.73. The molecule has 0 atom stereocenters. The van der Waals surface area contributed by atoms with E-state index in [9.17, 15) is 8.42 Å². The van der Waals surface area contributed by atoms with Gasteiger partial charge in [-0.25, -0.2) is 18.1 Å². The molecule has 100 valence electrons. The van der Waals surface area contributed by atoms with Gasteiger partial charge in [-0.1, -0.05) is 6.07 Å². The minimum Gasteiger partial charge on any atom is -0.396 e. The highest BCUT2D eigenvalue weighted by molar-refractivity contribution is 7.89. The van der Waals surface area contributed by atoms with Crippen LogP contribution in [0.2, 0.25) is 0 Å². The van der Waals surface area contributed by atoms with Gasteiger partial charge in [-0.05, 0) is 31.2 Å². The molecule has 0 spiro atoms. The van der Waals surface area contributed by atoms with Crippen molar-refractivity contribution >= 4 is 15.7 Å². The number of hydrogen-bond donors (Lipinski definition) is 2. The lowest BCUT2D eigenvalue weighted by atomic mass is 10.3. The average Bonchev–Trinajstić information content (AvgIpc) is 2.37. The van der Waals surface area contributed by atoms with Gasteiger partial charge in [-0.3, -0.25) is 4.98 Å². The van der Waals surface area contributed by atoms with Crippen molar-refractivity contribution < 1.29 is 8.42 Å². The van der Waals surface area contributed by atoms with Gasteiger partial charge in [0.1, 0.15) is 0 Å². The molecule has 2 rings (SSSR count).